The first kappa shape index (κ1) is 19.9. The number of methoxy groups -OCH3 is 1. The number of benzene rings is 1. The van der Waals surface area contributed by atoms with Crippen molar-refractivity contribution in [2.45, 2.75) is 12.8 Å². The van der Waals surface area contributed by atoms with Gasteiger partial charge in [-0.05, 0) is 49.2 Å². The lowest BCUT2D eigenvalue weighted by Crippen LogP contribution is -2.51. The van der Waals surface area contributed by atoms with Crippen molar-refractivity contribution in [2.75, 3.05) is 33.3 Å². The maximum absolute atomic E-state index is 12.8. The van der Waals surface area contributed by atoms with Crippen molar-refractivity contribution in [3.63, 3.8) is 0 Å². The van der Waals surface area contributed by atoms with Gasteiger partial charge in [-0.25, -0.2) is 4.79 Å². The van der Waals surface area contributed by atoms with Crippen molar-refractivity contribution in [1.29, 1.82) is 0 Å². The van der Waals surface area contributed by atoms with Crippen LogP contribution < -0.4 is 4.74 Å². The fraction of sp³-hybridized carbons (Fsp3) is 0.364. The number of rotatable bonds is 5. The van der Waals surface area contributed by atoms with E-state index in [-0.39, 0.29) is 17.8 Å². The predicted molar refractivity (Wildman–Crippen MR) is 110 cm³/mol. The summed E-state index contributed by atoms with van der Waals surface area (Å²) in [6, 6.07) is 12.6. The van der Waals surface area contributed by atoms with Crippen molar-refractivity contribution in [2.24, 2.45) is 11.1 Å². The molecule has 0 unspecified atom stereocenters. The van der Waals surface area contributed by atoms with Crippen molar-refractivity contribution in [3.05, 3.63) is 59.9 Å². The van der Waals surface area contributed by atoms with Crippen molar-refractivity contribution < 1.29 is 19.2 Å². The second kappa shape index (κ2) is 8.94. The van der Waals surface area contributed by atoms with E-state index in [1.54, 1.807) is 37.6 Å². The van der Waals surface area contributed by atoms with Crippen LogP contribution in [0.4, 0.5) is 0 Å². The molecule has 1 aliphatic heterocycles. The SMILES string of the molecule is COc1ccc(C(=O)N2CCN(C(=NOC(=O)C3CC3)c3ccccn3)CC2)cc1. The molecule has 8 heteroatoms. The van der Waals surface area contributed by atoms with Crippen LogP contribution in [-0.2, 0) is 9.63 Å². The topological polar surface area (TPSA) is 84.3 Å². The Morgan fingerprint density at radius 1 is 1.00 bits per heavy atom. The number of piperazine rings is 1. The number of carbonyl (C=O) groups excluding carboxylic acids is 2. The van der Waals surface area contributed by atoms with Gasteiger partial charge in [0.15, 0.2) is 5.84 Å². The van der Waals surface area contributed by atoms with Crippen molar-refractivity contribution >= 4 is 17.7 Å². The van der Waals surface area contributed by atoms with Gasteiger partial charge in [-0.1, -0.05) is 11.2 Å². The summed E-state index contributed by atoms with van der Waals surface area (Å²) in [7, 11) is 1.60. The van der Waals surface area contributed by atoms with E-state index in [0.29, 0.717) is 49.0 Å². The second-order valence-electron chi connectivity index (χ2n) is 7.32. The number of hydrogen-bond acceptors (Lipinski definition) is 6. The number of pyridine rings is 1. The van der Waals surface area contributed by atoms with Gasteiger partial charge in [0.2, 0.25) is 0 Å². The van der Waals surface area contributed by atoms with Gasteiger partial charge in [0.05, 0.1) is 13.0 Å². The Morgan fingerprint density at radius 3 is 2.30 bits per heavy atom. The molecular weight excluding hydrogens is 384 g/mol. The lowest BCUT2D eigenvalue weighted by atomic mass is 10.1. The highest BCUT2D eigenvalue weighted by Crippen LogP contribution is 2.30. The van der Waals surface area contributed by atoms with Crippen LogP contribution in [0.3, 0.4) is 0 Å². The quantitative estimate of drug-likeness (QED) is 0.326. The zero-order valence-electron chi connectivity index (χ0n) is 16.9. The van der Waals surface area contributed by atoms with Crippen LogP contribution in [0.5, 0.6) is 5.75 Å². The average molecular weight is 408 g/mol. The lowest BCUT2D eigenvalue weighted by Gasteiger charge is -2.36. The fourth-order valence-electron chi connectivity index (χ4n) is 3.28. The lowest BCUT2D eigenvalue weighted by molar-refractivity contribution is -0.145. The summed E-state index contributed by atoms with van der Waals surface area (Å²) in [5, 5.41) is 4.14. The highest BCUT2D eigenvalue weighted by atomic mass is 16.7. The summed E-state index contributed by atoms with van der Waals surface area (Å²) < 4.78 is 5.15. The standard InChI is InChI=1S/C22H24N4O4/c1-29-18-9-7-16(8-10-18)21(27)26-14-12-25(13-15-26)20(19-4-2-3-11-23-19)24-30-22(28)17-5-6-17/h2-4,7-11,17H,5-6,12-15H2,1H3. The number of carbonyl (C=O) groups is 2. The van der Waals surface area contributed by atoms with Crippen LogP contribution in [0.15, 0.2) is 53.8 Å². The molecule has 1 aromatic heterocycles. The van der Waals surface area contributed by atoms with E-state index in [0.717, 1.165) is 12.8 Å². The molecule has 1 amide bonds. The van der Waals surface area contributed by atoms with E-state index >= 15 is 0 Å². The average Bonchev–Trinajstić information content (AvgIpc) is 3.65. The predicted octanol–water partition coefficient (Wildman–Crippen LogP) is 2.16. The van der Waals surface area contributed by atoms with E-state index < -0.39 is 0 Å². The maximum Gasteiger partial charge on any atom is 0.338 e. The molecule has 0 N–H and O–H groups in total. The Balaban J connectivity index is 1.43. The van der Waals surface area contributed by atoms with Gasteiger partial charge >= 0.3 is 5.97 Å². The third-order valence-electron chi connectivity index (χ3n) is 5.23. The van der Waals surface area contributed by atoms with Crippen LogP contribution in [0.2, 0.25) is 0 Å². The van der Waals surface area contributed by atoms with Gasteiger partial charge in [-0.2, -0.15) is 0 Å². The largest absolute Gasteiger partial charge is 0.497 e. The zero-order chi connectivity index (χ0) is 20.9. The van der Waals surface area contributed by atoms with Crippen LogP contribution in [0.25, 0.3) is 0 Å². The summed E-state index contributed by atoms with van der Waals surface area (Å²) in [6.45, 7) is 2.21. The number of ether oxygens (including phenoxy) is 1. The number of amides is 1. The highest BCUT2D eigenvalue weighted by Gasteiger charge is 2.32. The smallest absolute Gasteiger partial charge is 0.338 e. The summed E-state index contributed by atoms with van der Waals surface area (Å²) >= 11 is 0. The summed E-state index contributed by atoms with van der Waals surface area (Å²) in [4.78, 5) is 38.1. The normalized spacial score (nSPS) is 16.9. The summed E-state index contributed by atoms with van der Waals surface area (Å²) in [5.74, 6) is 0.887. The van der Waals surface area contributed by atoms with Gasteiger partial charge in [0.1, 0.15) is 11.4 Å². The molecule has 8 nitrogen and oxygen atoms in total. The number of aromatic nitrogens is 1. The molecule has 0 radical (unpaired) electrons. The third kappa shape index (κ3) is 4.59. The molecule has 1 aromatic carbocycles. The van der Waals surface area contributed by atoms with E-state index in [2.05, 4.69) is 10.1 Å². The monoisotopic (exact) mass is 408 g/mol. The molecule has 2 aromatic rings. The van der Waals surface area contributed by atoms with Gasteiger partial charge in [0.25, 0.3) is 5.91 Å². The molecule has 156 valence electrons. The Hall–Kier alpha value is -3.42. The molecule has 1 saturated carbocycles. The van der Waals surface area contributed by atoms with E-state index in [4.69, 9.17) is 9.57 Å². The summed E-state index contributed by atoms with van der Waals surface area (Å²) in [5.41, 5.74) is 1.26. The minimum atomic E-state index is -0.295. The fourth-order valence-corrected chi connectivity index (χ4v) is 3.28. The molecule has 1 aliphatic carbocycles. The molecule has 0 spiro atoms. The zero-order valence-corrected chi connectivity index (χ0v) is 16.9. The van der Waals surface area contributed by atoms with Gasteiger partial charge in [-0.3, -0.25) is 9.78 Å². The minimum Gasteiger partial charge on any atom is -0.497 e. The summed E-state index contributed by atoms with van der Waals surface area (Å²) in [6.07, 6.45) is 3.40. The Bertz CT molecular complexity index is 918. The van der Waals surface area contributed by atoms with Crippen LogP contribution >= 0.6 is 0 Å². The Kier molecular flexibility index (Phi) is 5.92. The number of amidine groups is 1. The highest BCUT2D eigenvalue weighted by molar-refractivity contribution is 5.98. The molecule has 2 aliphatic rings. The molecule has 1 saturated heterocycles. The van der Waals surface area contributed by atoms with Gasteiger partial charge in [0, 0.05) is 37.9 Å². The number of nitrogens with zero attached hydrogens (tertiary/aromatic N) is 4. The molecule has 0 bridgehead atoms. The minimum absolute atomic E-state index is 0.0196. The Labute approximate surface area is 175 Å². The molecule has 2 heterocycles. The molecule has 2 fully saturated rings. The van der Waals surface area contributed by atoms with Crippen molar-refractivity contribution in [3.8, 4) is 5.75 Å². The van der Waals surface area contributed by atoms with Gasteiger partial charge in [-0.15, -0.1) is 0 Å². The third-order valence-corrected chi connectivity index (χ3v) is 5.23. The van der Waals surface area contributed by atoms with E-state index in [1.165, 1.54) is 0 Å². The first-order valence-corrected chi connectivity index (χ1v) is 10.0. The molecule has 4 rings (SSSR count). The maximum atomic E-state index is 12.8. The second-order valence-corrected chi connectivity index (χ2v) is 7.32. The molecule has 30 heavy (non-hydrogen) atoms. The van der Waals surface area contributed by atoms with E-state index in [1.807, 2.05) is 28.0 Å². The first-order chi connectivity index (χ1) is 14.7. The van der Waals surface area contributed by atoms with Crippen LogP contribution in [0.1, 0.15) is 28.9 Å². The van der Waals surface area contributed by atoms with E-state index in [9.17, 15) is 9.59 Å². The molecular formula is C22H24N4O4. The van der Waals surface area contributed by atoms with Crippen LogP contribution in [0, 0.1) is 5.92 Å². The first-order valence-electron chi connectivity index (χ1n) is 10.0. The number of hydrogen-bond donors (Lipinski definition) is 0. The Morgan fingerprint density at radius 2 is 1.70 bits per heavy atom. The van der Waals surface area contributed by atoms with Crippen molar-refractivity contribution in [1.82, 2.24) is 14.8 Å². The molecule has 0 atom stereocenters. The van der Waals surface area contributed by atoms with Gasteiger partial charge < -0.3 is 19.4 Å². The number of oxime groups is 1. The van der Waals surface area contributed by atoms with Crippen LogP contribution in [-0.4, -0.2) is 65.8 Å².